The molecule has 12 heteroatoms. The number of carbonyl (C=O) groups is 3. The largest absolute Gasteiger partial charge is 0.496 e. The van der Waals surface area contributed by atoms with Crippen molar-refractivity contribution >= 4 is 46.0 Å². The van der Waals surface area contributed by atoms with Crippen molar-refractivity contribution in [2.24, 2.45) is 0 Å². The number of alkyl halides is 1. The number of carbonyl (C=O) groups excluding carboxylic acids is 3. The molecule has 2 heterocycles. The van der Waals surface area contributed by atoms with E-state index in [-0.39, 0.29) is 43.9 Å². The summed E-state index contributed by atoms with van der Waals surface area (Å²) in [5.41, 5.74) is 2.77. The minimum Gasteiger partial charge on any atom is -0.496 e. The lowest BCUT2D eigenvalue weighted by molar-refractivity contribution is -0.126. The fraction of sp³-hybridized carbons (Fsp3) is 0.333. The van der Waals surface area contributed by atoms with Crippen molar-refractivity contribution < 1.29 is 23.5 Å². The lowest BCUT2D eigenvalue weighted by atomic mass is 10.1. The maximum Gasteiger partial charge on any atom is 0.257 e. The zero-order valence-electron chi connectivity index (χ0n) is 24.1. The van der Waals surface area contributed by atoms with E-state index in [1.165, 1.54) is 40.0 Å². The van der Waals surface area contributed by atoms with Crippen molar-refractivity contribution in [1.29, 1.82) is 0 Å². The lowest BCUT2D eigenvalue weighted by Gasteiger charge is -2.23. The Morgan fingerprint density at radius 2 is 1.95 bits per heavy atom. The fourth-order valence-corrected chi connectivity index (χ4v) is 6.51. The van der Waals surface area contributed by atoms with Crippen LogP contribution < -0.4 is 10.1 Å². The van der Waals surface area contributed by atoms with Gasteiger partial charge in [-0.1, -0.05) is 41.8 Å². The minimum absolute atomic E-state index is 0.0907. The Morgan fingerprint density at radius 3 is 2.67 bits per heavy atom. The van der Waals surface area contributed by atoms with Gasteiger partial charge in [0, 0.05) is 30.1 Å². The molecule has 42 heavy (non-hydrogen) atoms. The Morgan fingerprint density at radius 1 is 1.21 bits per heavy atom. The Bertz CT molecular complexity index is 1480. The summed E-state index contributed by atoms with van der Waals surface area (Å²) in [6.07, 6.45) is 1.44. The Balaban J connectivity index is 1.49. The molecular formula is C30H34FN5O4S2. The first-order valence-electron chi connectivity index (χ1n) is 13.3. The van der Waals surface area contributed by atoms with Gasteiger partial charge in [-0.05, 0) is 62.5 Å². The molecular weight excluding hydrogens is 577 g/mol. The first-order valence-corrected chi connectivity index (χ1v) is 14.9. The molecule has 1 aliphatic rings. The molecule has 3 amide bonds. The Hall–Kier alpha value is -3.74. The van der Waals surface area contributed by atoms with Crippen LogP contribution in [-0.2, 0) is 11.3 Å². The van der Waals surface area contributed by atoms with Gasteiger partial charge in [-0.15, -0.1) is 0 Å². The molecule has 3 aromatic rings. The maximum atomic E-state index is 14.7. The van der Waals surface area contributed by atoms with Gasteiger partial charge in [-0.3, -0.25) is 19.7 Å². The number of anilines is 1. The fourth-order valence-electron chi connectivity index (χ4n) is 4.57. The third-order valence-corrected chi connectivity index (χ3v) is 8.76. The van der Waals surface area contributed by atoms with E-state index in [4.69, 9.17) is 4.74 Å². The number of benzene rings is 2. The lowest BCUT2D eigenvalue weighted by Crippen LogP contribution is -2.37. The average Bonchev–Trinajstić information content (AvgIpc) is 3.30. The van der Waals surface area contributed by atoms with E-state index in [0.29, 0.717) is 22.0 Å². The summed E-state index contributed by atoms with van der Waals surface area (Å²) >= 11 is 2.74. The molecule has 222 valence electrons. The van der Waals surface area contributed by atoms with Gasteiger partial charge in [0.15, 0.2) is 5.13 Å². The predicted molar refractivity (Wildman–Crippen MR) is 163 cm³/mol. The number of aromatic nitrogens is 1. The topological polar surface area (TPSA) is 95.1 Å². The number of nitrogens with zero attached hydrogens (tertiary/aromatic N) is 4. The van der Waals surface area contributed by atoms with Crippen LogP contribution in [-0.4, -0.2) is 91.0 Å². The number of nitrogens with one attached hydrogen (secondary N) is 1. The van der Waals surface area contributed by atoms with Crippen LogP contribution in [0.2, 0.25) is 0 Å². The Labute approximate surface area is 253 Å². The van der Waals surface area contributed by atoms with Crippen LogP contribution in [0.4, 0.5) is 9.52 Å². The van der Waals surface area contributed by atoms with Gasteiger partial charge in [-0.25, -0.2) is 9.37 Å². The summed E-state index contributed by atoms with van der Waals surface area (Å²) in [7, 11) is 5.43. The number of ether oxygens (including phenoxy) is 1. The second-order valence-electron chi connectivity index (χ2n) is 10.1. The van der Waals surface area contributed by atoms with E-state index in [2.05, 4.69) is 16.9 Å². The predicted octanol–water partition coefficient (Wildman–Crippen LogP) is 4.73. The number of methoxy groups -OCH3 is 1. The zero-order chi connectivity index (χ0) is 30.4. The third-order valence-electron chi connectivity index (χ3n) is 6.58. The number of hydrogen-bond donors (Lipinski definition) is 1. The van der Waals surface area contributed by atoms with E-state index in [1.54, 1.807) is 24.4 Å². The maximum absolute atomic E-state index is 14.7. The van der Waals surface area contributed by atoms with E-state index in [9.17, 15) is 18.8 Å². The molecule has 1 aliphatic heterocycles. The highest BCUT2D eigenvalue weighted by atomic mass is 32.2. The van der Waals surface area contributed by atoms with Crippen LogP contribution in [0.15, 0.2) is 64.4 Å². The molecule has 0 spiro atoms. The quantitative estimate of drug-likeness (QED) is 0.350. The van der Waals surface area contributed by atoms with Crippen molar-refractivity contribution in [2.75, 3.05) is 52.7 Å². The number of amides is 3. The van der Waals surface area contributed by atoms with Crippen molar-refractivity contribution in [3.05, 3.63) is 77.5 Å². The van der Waals surface area contributed by atoms with Crippen molar-refractivity contribution in [2.45, 2.75) is 28.7 Å². The summed E-state index contributed by atoms with van der Waals surface area (Å²) in [6, 6.07) is 11.0. The van der Waals surface area contributed by atoms with Crippen LogP contribution >= 0.6 is 23.1 Å². The molecule has 0 saturated carbocycles. The van der Waals surface area contributed by atoms with Crippen LogP contribution in [0.25, 0.3) is 0 Å². The smallest absolute Gasteiger partial charge is 0.257 e. The van der Waals surface area contributed by atoms with Crippen LogP contribution in [0.1, 0.15) is 31.8 Å². The van der Waals surface area contributed by atoms with Gasteiger partial charge in [0.2, 0.25) is 5.91 Å². The number of thiazole rings is 1. The number of rotatable bonds is 9. The van der Waals surface area contributed by atoms with Crippen LogP contribution in [0.3, 0.4) is 0 Å². The highest BCUT2D eigenvalue weighted by Crippen LogP contribution is 2.38. The van der Waals surface area contributed by atoms with Crippen molar-refractivity contribution in [1.82, 2.24) is 19.7 Å². The number of aryl methyl sites for hydroxylation is 1. The highest BCUT2D eigenvalue weighted by Gasteiger charge is 2.29. The molecule has 1 unspecified atom stereocenters. The summed E-state index contributed by atoms with van der Waals surface area (Å²) in [5, 5.41) is 3.33. The first kappa shape index (κ1) is 31.2. The van der Waals surface area contributed by atoms with E-state index < -0.39 is 6.17 Å². The SMILES string of the molecule is C=CC(=O)N1CCN(C(=O)c2cc(Sc3cnc(NC(=O)c4cccc(CN(C)C)c4)s3)c(C)cc2OC)CC(F)C1. The second-order valence-corrected chi connectivity index (χ2v) is 12.5. The molecule has 1 aromatic heterocycles. The molecule has 9 nitrogen and oxygen atoms in total. The summed E-state index contributed by atoms with van der Waals surface area (Å²) in [6.45, 7) is 6.28. The van der Waals surface area contributed by atoms with Crippen LogP contribution in [0, 0.1) is 6.92 Å². The summed E-state index contributed by atoms with van der Waals surface area (Å²) in [4.78, 5) is 48.4. The molecule has 0 radical (unpaired) electrons. The average molecular weight is 612 g/mol. The standard InChI is InChI=1S/C30H34FN5O4S2/c1-6-26(37)35-10-11-36(18-22(31)17-35)29(39)23-14-25(19(2)12-24(23)40-5)41-27-15-32-30(42-27)33-28(38)21-9-7-8-20(13-21)16-34(3)4/h6-9,12-15,22H,1,10-11,16-18H2,2-5H3,(H,32,33,38). The number of hydrogen-bond acceptors (Lipinski definition) is 8. The van der Waals surface area contributed by atoms with Gasteiger partial charge >= 0.3 is 0 Å². The van der Waals surface area contributed by atoms with E-state index in [1.807, 2.05) is 44.1 Å². The molecule has 4 rings (SSSR count). The summed E-state index contributed by atoms with van der Waals surface area (Å²) < 4.78 is 21.0. The molecule has 0 aliphatic carbocycles. The highest BCUT2D eigenvalue weighted by molar-refractivity contribution is 8.01. The van der Waals surface area contributed by atoms with Crippen molar-refractivity contribution in [3.8, 4) is 5.75 Å². The molecule has 2 aromatic carbocycles. The van der Waals surface area contributed by atoms with Gasteiger partial charge in [-0.2, -0.15) is 0 Å². The van der Waals surface area contributed by atoms with Gasteiger partial charge in [0.25, 0.3) is 11.8 Å². The molecule has 1 N–H and O–H groups in total. The second kappa shape index (κ2) is 14.0. The number of halogens is 1. The van der Waals surface area contributed by atoms with Gasteiger partial charge in [0.05, 0.1) is 36.2 Å². The molecule has 0 bridgehead atoms. The molecule has 1 saturated heterocycles. The van der Waals surface area contributed by atoms with E-state index >= 15 is 0 Å². The van der Waals surface area contributed by atoms with Gasteiger partial charge in [0.1, 0.15) is 11.9 Å². The summed E-state index contributed by atoms with van der Waals surface area (Å²) in [5.74, 6) is -0.601. The zero-order valence-corrected chi connectivity index (χ0v) is 25.7. The Kier molecular flexibility index (Phi) is 10.4. The minimum atomic E-state index is -1.38. The van der Waals surface area contributed by atoms with E-state index in [0.717, 1.165) is 32.9 Å². The van der Waals surface area contributed by atoms with Crippen molar-refractivity contribution in [3.63, 3.8) is 0 Å². The molecule has 1 fully saturated rings. The van der Waals surface area contributed by atoms with Gasteiger partial charge < -0.3 is 19.4 Å². The first-order chi connectivity index (χ1) is 20.1. The van der Waals surface area contributed by atoms with Crippen LogP contribution in [0.5, 0.6) is 5.75 Å². The normalized spacial score (nSPS) is 15.3. The molecule has 1 atom stereocenters. The monoisotopic (exact) mass is 611 g/mol. The third kappa shape index (κ3) is 7.75.